The predicted octanol–water partition coefficient (Wildman–Crippen LogP) is -6.10. The first-order valence-corrected chi connectivity index (χ1v) is 0. The van der Waals surface area contributed by atoms with Gasteiger partial charge in [-0.15, -0.1) is 112 Å². The Morgan fingerprint density at radius 3 is 0.0571 bits per heavy atom. The summed E-state index contributed by atoms with van der Waals surface area (Å²) >= 11 is 0. The average molecular weight is 1370 g/mol. The largest absolute Gasteiger partial charge is 2.00 e. The molecule has 72 valence electrons. The molecule has 0 radical (unpaired) electrons. The Bertz CT molecular complexity index is 28.8. The molecular formula is H9Ca26Cl9+52. The first-order valence-electron chi connectivity index (χ1n) is 0. The molecule has 0 rings (SSSR count). The minimum absolute atomic E-state index is 0. The van der Waals surface area contributed by atoms with Crippen LogP contribution in [0.15, 0.2) is 0 Å². The number of rotatable bonds is 0. The van der Waals surface area contributed by atoms with Gasteiger partial charge in [0.05, 0.1) is 0 Å². The van der Waals surface area contributed by atoms with Gasteiger partial charge in [-0.05, 0) is 0 Å². The first kappa shape index (κ1) is 271. The van der Waals surface area contributed by atoms with Gasteiger partial charge >= 0.3 is 981 Å². The SMILES string of the molecule is Cl.Cl.Cl.Cl.Cl.Cl.Cl.Cl.Cl.[Ca+2].[Ca+2].[Ca+2].[Ca+2].[Ca+2].[Ca+2].[Ca+2].[Ca+2].[Ca+2].[Ca+2].[Ca+2].[Ca+2].[Ca+2].[Ca+2].[Ca+2].[Ca+2].[Ca+2].[Ca+2].[Ca+2].[Ca+2].[Ca+2].[Ca+2].[Ca+2].[Ca+2].[Ca+2].[Ca+2]. The Kier molecular flexibility index (Phi) is 2000. The maximum atomic E-state index is 0. The minimum atomic E-state index is 0. The summed E-state index contributed by atoms with van der Waals surface area (Å²) in [6.45, 7) is 0. The first-order chi connectivity index (χ1) is 0. The van der Waals surface area contributed by atoms with Crippen molar-refractivity contribution in [3.8, 4) is 0 Å². The van der Waals surface area contributed by atoms with Crippen LogP contribution in [0.3, 0.4) is 0 Å². The van der Waals surface area contributed by atoms with Crippen LogP contribution in [0.1, 0.15) is 0 Å². The zero-order valence-electron chi connectivity index (χ0n) is 22.1. The fraction of sp³-hybridized carbons (Fsp3) is 0. The standard InChI is InChI=1S/26Ca.9ClH/h;;;;;;;;;;;;;;;;;;;;;;;;;;9*1H/q26*+2;;;;;;;;;. The van der Waals surface area contributed by atoms with Crippen molar-refractivity contribution in [2.45, 2.75) is 0 Å². The van der Waals surface area contributed by atoms with E-state index < -0.39 is 0 Å². The number of halogens is 9. The van der Waals surface area contributed by atoms with E-state index >= 15 is 0 Å². The Hall–Kier alpha value is 35.4. The van der Waals surface area contributed by atoms with Gasteiger partial charge in [-0.25, -0.2) is 0 Å². The van der Waals surface area contributed by atoms with Crippen LogP contribution in [0.2, 0.25) is 0 Å². The third-order valence-corrected chi connectivity index (χ3v) is 0. The molecule has 0 unspecified atom stereocenters. The molecule has 0 nitrogen and oxygen atoms in total. The number of hydrogen-bond acceptors (Lipinski definition) is 0. The van der Waals surface area contributed by atoms with Gasteiger partial charge in [-0.1, -0.05) is 0 Å². The molecule has 0 aliphatic heterocycles. The molecule has 0 fully saturated rings. The molecule has 0 saturated heterocycles. The minimum Gasteiger partial charge on any atom is -0.147 e. The second-order valence-electron chi connectivity index (χ2n) is 0. The molecule has 0 amide bonds. The molecule has 0 aromatic carbocycles. The summed E-state index contributed by atoms with van der Waals surface area (Å²) in [5.74, 6) is 0. The Labute approximate surface area is 1050 Å². The van der Waals surface area contributed by atoms with Crippen molar-refractivity contribution < 1.29 is 0 Å². The second-order valence-corrected chi connectivity index (χ2v) is 0. The van der Waals surface area contributed by atoms with Crippen molar-refractivity contribution in [1.29, 1.82) is 0 Å². The Morgan fingerprint density at radius 2 is 0.0571 bits per heavy atom. The zero-order valence-corrected chi connectivity index (χ0v) is 86.8. The zero-order chi connectivity index (χ0) is 0. The molecule has 0 N–H and O–H groups in total. The quantitative estimate of drug-likeness (QED) is 0.213. The van der Waals surface area contributed by atoms with Crippen LogP contribution in [0.5, 0.6) is 0 Å². The van der Waals surface area contributed by atoms with Gasteiger partial charge in [0.2, 0.25) is 0 Å². The van der Waals surface area contributed by atoms with Gasteiger partial charge in [-0.2, -0.15) is 0 Å². The molecule has 0 aromatic heterocycles. The van der Waals surface area contributed by atoms with Gasteiger partial charge in [0.15, 0.2) is 0 Å². The van der Waals surface area contributed by atoms with E-state index in [0.29, 0.717) is 0 Å². The van der Waals surface area contributed by atoms with Gasteiger partial charge in [0.25, 0.3) is 0 Å². The molecule has 0 bridgehead atoms. The van der Waals surface area contributed by atoms with E-state index in [1.807, 2.05) is 0 Å². The molecule has 35 heavy (non-hydrogen) atoms. The molecular weight excluding hydrogens is 1360 g/mol. The average Bonchev–Trinajstić information content (AvgIpc) is 0. The second kappa shape index (κ2) is 259. The van der Waals surface area contributed by atoms with E-state index in [0.717, 1.165) is 0 Å². The summed E-state index contributed by atoms with van der Waals surface area (Å²) in [4.78, 5) is 0. The van der Waals surface area contributed by atoms with E-state index in [-0.39, 0.29) is 1090 Å². The summed E-state index contributed by atoms with van der Waals surface area (Å²) in [5.41, 5.74) is 0. The third kappa shape index (κ3) is 252. The van der Waals surface area contributed by atoms with E-state index in [9.17, 15) is 0 Å². The molecule has 0 heterocycles. The van der Waals surface area contributed by atoms with Gasteiger partial charge in [0, 0.05) is 0 Å². The van der Waals surface area contributed by atoms with E-state index in [1.54, 1.807) is 0 Å². The summed E-state index contributed by atoms with van der Waals surface area (Å²) in [5, 5.41) is 0. The summed E-state index contributed by atoms with van der Waals surface area (Å²) < 4.78 is 0. The van der Waals surface area contributed by atoms with Gasteiger partial charge in [-0.3, -0.25) is 0 Å². The maximum Gasteiger partial charge on any atom is 2.00 e. The van der Waals surface area contributed by atoms with Gasteiger partial charge in [0.1, 0.15) is 0 Å². The normalized spacial score (nSPS) is 0. The van der Waals surface area contributed by atoms with Crippen molar-refractivity contribution in [3.05, 3.63) is 0 Å². The van der Waals surface area contributed by atoms with Crippen molar-refractivity contribution in [2.24, 2.45) is 0 Å². The van der Waals surface area contributed by atoms with Crippen molar-refractivity contribution in [2.75, 3.05) is 0 Å². The van der Waals surface area contributed by atoms with Crippen molar-refractivity contribution >= 4 is 1090 Å². The molecule has 0 aromatic rings. The fourth-order valence-corrected chi connectivity index (χ4v) is 0. The van der Waals surface area contributed by atoms with Crippen LogP contribution in [0.25, 0.3) is 0 Å². The van der Waals surface area contributed by atoms with Gasteiger partial charge < -0.3 is 0 Å². The molecule has 0 spiro atoms. The number of hydrogen-bond donors (Lipinski definition) is 0. The van der Waals surface area contributed by atoms with Crippen LogP contribution in [-0.4, -0.2) is 981 Å². The monoisotopic (exact) mass is 1360 g/mol. The van der Waals surface area contributed by atoms with Crippen LogP contribution >= 0.6 is 112 Å². The fourth-order valence-electron chi connectivity index (χ4n) is 0. The molecule has 0 aliphatic rings. The molecule has 35 heteroatoms. The van der Waals surface area contributed by atoms with Crippen molar-refractivity contribution in [1.82, 2.24) is 0 Å². The third-order valence-electron chi connectivity index (χ3n) is 0. The van der Waals surface area contributed by atoms with Crippen LogP contribution in [0, 0.1) is 0 Å². The summed E-state index contributed by atoms with van der Waals surface area (Å²) in [7, 11) is 0. The van der Waals surface area contributed by atoms with Crippen LogP contribution in [-0.2, 0) is 0 Å². The maximum absolute atomic E-state index is 0. The Morgan fingerprint density at radius 1 is 0.0571 bits per heavy atom. The van der Waals surface area contributed by atoms with E-state index in [1.165, 1.54) is 0 Å². The summed E-state index contributed by atoms with van der Waals surface area (Å²) in [6.07, 6.45) is 0. The summed E-state index contributed by atoms with van der Waals surface area (Å²) in [6, 6.07) is 0. The van der Waals surface area contributed by atoms with Crippen molar-refractivity contribution in [3.63, 3.8) is 0 Å². The Balaban J connectivity index is 0. The molecule has 0 atom stereocenters. The predicted molar refractivity (Wildman–Crippen MR) is 215 cm³/mol. The van der Waals surface area contributed by atoms with Crippen LogP contribution in [0.4, 0.5) is 0 Å². The van der Waals surface area contributed by atoms with E-state index in [2.05, 4.69) is 0 Å². The van der Waals surface area contributed by atoms with Crippen LogP contribution < -0.4 is 0 Å². The molecule has 0 aliphatic carbocycles. The molecule has 0 saturated carbocycles. The smallest absolute Gasteiger partial charge is 0.147 e. The van der Waals surface area contributed by atoms with E-state index in [4.69, 9.17) is 0 Å². The topological polar surface area (TPSA) is 0 Å².